The second kappa shape index (κ2) is 7.80. The number of nitrogens with zero attached hydrogens (tertiary/aromatic N) is 3. The molecule has 6 nitrogen and oxygen atoms in total. The summed E-state index contributed by atoms with van der Waals surface area (Å²) in [5, 5.41) is 3.74. The molecule has 4 saturated carbocycles. The van der Waals surface area contributed by atoms with Gasteiger partial charge in [0.15, 0.2) is 5.13 Å². The van der Waals surface area contributed by atoms with Gasteiger partial charge in [0.05, 0.1) is 10.2 Å². The third-order valence-corrected chi connectivity index (χ3v) is 9.31. The Morgan fingerprint density at radius 2 is 1.72 bits per heavy atom. The van der Waals surface area contributed by atoms with Crippen molar-refractivity contribution < 1.29 is 9.59 Å². The lowest BCUT2D eigenvalue weighted by Crippen LogP contribution is -2.47. The van der Waals surface area contributed by atoms with Crippen LogP contribution in [0.25, 0.3) is 10.2 Å². The van der Waals surface area contributed by atoms with Crippen LogP contribution in [0.3, 0.4) is 0 Å². The predicted molar refractivity (Wildman–Crippen MR) is 127 cm³/mol. The molecule has 4 bridgehead atoms. The molecule has 0 unspecified atom stereocenters. The lowest BCUT2D eigenvalue weighted by molar-refractivity contribution is -0.124. The number of likely N-dealkylation sites (N-methyl/N-ethyl adjacent to an activating group) is 1. The Hall–Kier alpha value is -1.99. The maximum atomic E-state index is 13.0. The summed E-state index contributed by atoms with van der Waals surface area (Å²) in [7, 11) is 2.09. The van der Waals surface area contributed by atoms with Gasteiger partial charge in [-0.25, -0.2) is 4.98 Å². The van der Waals surface area contributed by atoms with Gasteiger partial charge in [0.25, 0.3) is 5.91 Å². The van der Waals surface area contributed by atoms with E-state index in [1.165, 1.54) is 49.9 Å². The zero-order chi connectivity index (χ0) is 21.9. The van der Waals surface area contributed by atoms with Crippen molar-refractivity contribution in [2.45, 2.75) is 44.9 Å². The van der Waals surface area contributed by atoms with E-state index >= 15 is 0 Å². The highest BCUT2D eigenvalue weighted by atomic mass is 32.1. The Kier molecular flexibility index (Phi) is 5.02. The third kappa shape index (κ3) is 3.83. The number of hydrogen-bond acceptors (Lipinski definition) is 5. The topological polar surface area (TPSA) is 65.5 Å². The summed E-state index contributed by atoms with van der Waals surface area (Å²) in [6, 6.07) is 5.70. The molecule has 1 saturated heterocycles. The minimum absolute atomic E-state index is 0.0841. The highest BCUT2D eigenvalue weighted by molar-refractivity contribution is 7.22. The van der Waals surface area contributed by atoms with Crippen LogP contribution in [0.5, 0.6) is 0 Å². The molecule has 7 heteroatoms. The Morgan fingerprint density at radius 3 is 2.38 bits per heavy atom. The fraction of sp³-hybridized carbons (Fsp3) is 0.640. The van der Waals surface area contributed by atoms with Gasteiger partial charge in [-0.05, 0) is 86.9 Å². The van der Waals surface area contributed by atoms with Crippen LogP contribution >= 0.6 is 11.3 Å². The normalized spacial score (nSPS) is 31.9. The van der Waals surface area contributed by atoms with Gasteiger partial charge in [-0.3, -0.25) is 9.59 Å². The van der Waals surface area contributed by atoms with Crippen molar-refractivity contribution in [3.63, 3.8) is 0 Å². The van der Waals surface area contributed by atoms with E-state index in [1.807, 2.05) is 23.1 Å². The molecular formula is C25H32N4O2S. The van der Waals surface area contributed by atoms with Crippen LogP contribution in [-0.2, 0) is 4.79 Å². The van der Waals surface area contributed by atoms with E-state index in [1.54, 1.807) is 0 Å². The monoisotopic (exact) mass is 452 g/mol. The predicted octanol–water partition coefficient (Wildman–Crippen LogP) is 4.23. The summed E-state index contributed by atoms with van der Waals surface area (Å²) < 4.78 is 0.954. The van der Waals surface area contributed by atoms with Gasteiger partial charge in [-0.1, -0.05) is 11.3 Å². The number of thiazole rings is 1. The molecule has 0 spiro atoms. The molecular weight excluding hydrogens is 420 g/mol. The lowest BCUT2D eigenvalue weighted by atomic mass is 9.49. The first-order valence-corrected chi connectivity index (χ1v) is 12.9. The number of nitrogens with one attached hydrogen (secondary N) is 1. The summed E-state index contributed by atoms with van der Waals surface area (Å²) in [6.07, 6.45) is 8.55. The molecule has 5 fully saturated rings. The van der Waals surface area contributed by atoms with E-state index in [-0.39, 0.29) is 17.2 Å². The molecule has 1 aromatic heterocycles. The fourth-order valence-corrected chi connectivity index (χ4v) is 8.24. The van der Waals surface area contributed by atoms with Crippen LogP contribution < -0.4 is 5.32 Å². The molecule has 1 N–H and O–H groups in total. The van der Waals surface area contributed by atoms with E-state index in [2.05, 4.69) is 22.2 Å². The summed E-state index contributed by atoms with van der Waals surface area (Å²) >= 11 is 1.47. The van der Waals surface area contributed by atoms with Crippen molar-refractivity contribution in [2.24, 2.45) is 23.2 Å². The highest BCUT2D eigenvalue weighted by Gasteiger charge is 2.51. The van der Waals surface area contributed by atoms with Gasteiger partial charge in [0, 0.05) is 38.2 Å². The van der Waals surface area contributed by atoms with Crippen molar-refractivity contribution in [3.8, 4) is 0 Å². The quantitative estimate of drug-likeness (QED) is 0.754. The average molecular weight is 453 g/mol. The molecule has 2 aromatic rings. The number of aromatic nitrogens is 1. The van der Waals surface area contributed by atoms with Crippen molar-refractivity contribution in [1.29, 1.82) is 0 Å². The van der Waals surface area contributed by atoms with Crippen molar-refractivity contribution in [1.82, 2.24) is 14.8 Å². The SMILES string of the molecule is CN1CCN(C(=O)c2ccc3nc(NC(=O)CC45CC6CC(CC(C6)C4)C5)sc3c2)CC1. The molecule has 2 amide bonds. The second-order valence-electron chi connectivity index (χ2n) is 10.9. The largest absolute Gasteiger partial charge is 0.336 e. The zero-order valence-corrected chi connectivity index (χ0v) is 19.6. The molecule has 5 aliphatic rings. The lowest BCUT2D eigenvalue weighted by Gasteiger charge is -2.56. The molecule has 32 heavy (non-hydrogen) atoms. The number of carbonyl (C=O) groups excluding carboxylic acids is 2. The van der Waals surface area contributed by atoms with Crippen molar-refractivity contribution in [2.75, 3.05) is 38.5 Å². The molecule has 0 radical (unpaired) electrons. The first-order chi connectivity index (χ1) is 15.4. The maximum absolute atomic E-state index is 13.0. The number of hydrogen-bond donors (Lipinski definition) is 1. The first kappa shape index (κ1) is 20.6. The minimum Gasteiger partial charge on any atom is -0.336 e. The van der Waals surface area contributed by atoms with Gasteiger partial charge in [-0.15, -0.1) is 0 Å². The Balaban J connectivity index is 1.13. The van der Waals surface area contributed by atoms with E-state index in [0.717, 1.165) is 54.1 Å². The van der Waals surface area contributed by atoms with E-state index in [0.29, 0.717) is 17.1 Å². The summed E-state index contributed by atoms with van der Waals surface area (Å²) in [5.41, 5.74) is 1.78. The Labute approximate surface area is 193 Å². The van der Waals surface area contributed by atoms with Gasteiger partial charge in [-0.2, -0.15) is 0 Å². The molecule has 1 aliphatic heterocycles. The fourth-order valence-electron chi connectivity index (χ4n) is 7.31. The second-order valence-corrected chi connectivity index (χ2v) is 12.0. The van der Waals surface area contributed by atoms with E-state index < -0.39 is 0 Å². The Bertz CT molecular complexity index is 1020. The van der Waals surface area contributed by atoms with Crippen LogP contribution in [-0.4, -0.2) is 59.8 Å². The van der Waals surface area contributed by atoms with Crippen LogP contribution in [0.4, 0.5) is 5.13 Å². The van der Waals surface area contributed by atoms with Gasteiger partial charge in [0.1, 0.15) is 0 Å². The van der Waals surface area contributed by atoms with E-state index in [9.17, 15) is 9.59 Å². The van der Waals surface area contributed by atoms with E-state index in [4.69, 9.17) is 0 Å². The summed E-state index contributed by atoms with van der Waals surface area (Å²) in [4.78, 5) is 34.7. The number of anilines is 1. The number of carbonyl (C=O) groups is 2. The minimum atomic E-state index is 0.0841. The zero-order valence-electron chi connectivity index (χ0n) is 18.8. The molecule has 7 rings (SSSR count). The van der Waals surface area contributed by atoms with Crippen molar-refractivity contribution >= 4 is 38.5 Å². The van der Waals surface area contributed by atoms with Crippen molar-refractivity contribution in [3.05, 3.63) is 23.8 Å². The number of amides is 2. The van der Waals surface area contributed by atoms with Crippen LogP contribution in [0.15, 0.2) is 18.2 Å². The van der Waals surface area contributed by atoms with Crippen LogP contribution in [0.2, 0.25) is 0 Å². The van der Waals surface area contributed by atoms with Gasteiger partial charge in [0.2, 0.25) is 5.91 Å². The number of fused-ring (bicyclic) bond motifs is 1. The maximum Gasteiger partial charge on any atom is 0.253 e. The first-order valence-electron chi connectivity index (χ1n) is 12.1. The van der Waals surface area contributed by atoms with Gasteiger partial charge < -0.3 is 15.1 Å². The number of benzene rings is 1. The molecule has 2 heterocycles. The molecule has 4 aliphatic carbocycles. The van der Waals surface area contributed by atoms with Crippen LogP contribution in [0.1, 0.15) is 55.3 Å². The standard InChI is InChI=1S/C25H32N4O2S/c1-28-4-6-29(7-5-28)23(31)19-2-3-20-21(11-19)32-24(26-20)27-22(30)15-25-12-16-8-17(13-25)10-18(9-16)14-25/h2-3,11,16-18H,4-10,12-15H2,1H3,(H,26,27,30). The molecule has 1 aromatic carbocycles. The average Bonchev–Trinajstić information content (AvgIpc) is 3.13. The highest BCUT2D eigenvalue weighted by Crippen LogP contribution is 2.61. The number of rotatable bonds is 4. The number of piperazine rings is 1. The smallest absolute Gasteiger partial charge is 0.253 e. The van der Waals surface area contributed by atoms with Gasteiger partial charge >= 0.3 is 0 Å². The molecule has 0 atom stereocenters. The third-order valence-electron chi connectivity index (χ3n) is 8.37. The molecule has 170 valence electrons. The summed E-state index contributed by atoms with van der Waals surface area (Å²) in [5.74, 6) is 2.76. The Morgan fingerprint density at radius 1 is 1.06 bits per heavy atom. The summed E-state index contributed by atoms with van der Waals surface area (Å²) in [6.45, 7) is 3.35. The van der Waals surface area contributed by atoms with Crippen LogP contribution in [0, 0.1) is 23.2 Å².